The summed E-state index contributed by atoms with van der Waals surface area (Å²) in [5.74, 6) is -0.489. The largest absolute Gasteiger partial charge is 0.486 e. The van der Waals surface area contributed by atoms with Crippen molar-refractivity contribution in [3.05, 3.63) is 42.5 Å². The summed E-state index contributed by atoms with van der Waals surface area (Å²) in [6, 6.07) is 6.03. The number of amides is 1. The number of aromatic nitrogens is 3. The molecule has 2 heterocycles. The molecule has 1 aromatic heterocycles. The number of carboxylic acid groups (broad SMARTS) is 1. The van der Waals surface area contributed by atoms with Gasteiger partial charge in [0.1, 0.15) is 24.5 Å². The Hall–Kier alpha value is -2.94. The molecule has 1 aliphatic rings. The second-order valence-electron chi connectivity index (χ2n) is 6.29. The van der Waals surface area contributed by atoms with E-state index in [2.05, 4.69) is 15.4 Å². The maximum atomic E-state index is 12.2. The van der Waals surface area contributed by atoms with E-state index < -0.39 is 5.97 Å². The first-order valence-corrected chi connectivity index (χ1v) is 8.81. The Labute approximate surface area is 156 Å². The summed E-state index contributed by atoms with van der Waals surface area (Å²) in [6.45, 7) is 1.56. The van der Waals surface area contributed by atoms with E-state index in [1.54, 1.807) is 23.1 Å². The van der Waals surface area contributed by atoms with Crippen molar-refractivity contribution >= 4 is 11.9 Å². The molecule has 144 valence electrons. The summed E-state index contributed by atoms with van der Waals surface area (Å²) in [7, 11) is 0. The Morgan fingerprint density at radius 1 is 1.33 bits per heavy atom. The SMILES string of the molecule is O=C(CCCn1cncn1)N[C@@H]1CCOC[C@H]1Oc1ccc(C(=O)O)cc1. The molecule has 1 aromatic carbocycles. The Balaban J connectivity index is 1.50. The molecule has 1 amide bonds. The topological polar surface area (TPSA) is 116 Å². The number of hydrogen-bond donors (Lipinski definition) is 2. The summed E-state index contributed by atoms with van der Waals surface area (Å²) in [5.41, 5.74) is 0.194. The van der Waals surface area contributed by atoms with Crippen molar-refractivity contribution in [2.75, 3.05) is 13.2 Å². The number of carboxylic acids is 1. The molecule has 9 nitrogen and oxygen atoms in total. The number of carbonyl (C=O) groups excluding carboxylic acids is 1. The molecule has 1 aliphatic heterocycles. The summed E-state index contributed by atoms with van der Waals surface area (Å²) >= 11 is 0. The van der Waals surface area contributed by atoms with Crippen molar-refractivity contribution in [3.63, 3.8) is 0 Å². The van der Waals surface area contributed by atoms with Gasteiger partial charge in [-0.25, -0.2) is 9.78 Å². The van der Waals surface area contributed by atoms with Gasteiger partial charge in [0.25, 0.3) is 0 Å². The first-order valence-electron chi connectivity index (χ1n) is 8.81. The molecule has 1 fully saturated rings. The number of rotatable bonds is 8. The van der Waals surface area contributed by atoms with E-state index in [4.69, 9.17) is 14.6 Å². The Morgan fingerprint density at radius 2 is 2.15 bits per heavy atom. The van der Waals surface area contributed by atoms with Crippen molar-refractivity contribution in [1.82, 2.24) is 20.1 Å². The normalized spacial score (nSPS) is 19.4. The highest BCUT2D eigenvalue weighted by Gasteiger charge is 2.28. The van der Waals surface area contributed by atoms with Crippen LogP contribution in [0, 0.1) is 0 Å². The highest BCUT2D eigenvalue weighted by atomic mass is 16.5. The Bertz CT molecular complexity index is 748. The standard InChI is InChI=1S/C18H22N4O5/c23-17(2-1-8-22-12-19-11-20-22)21-15-7-9-26-10-16(15)27-14-5-3-13(4-6-14)18(24)25/h3-6,11-12,15-16H,1-2,7-10H2,(H,21,23)(H,24,25)/t15-,16-/m1/s1. The van der Waals surface area contributed by atoms with Crippen molar-refractivity contribution in [3.8, 4) is 5.75 Å². The zero-order chi connectivity index (χ0) is 19.1. The van der Waals surface area contributed by atoms with Gasteiger partial charge < -0.3 is 19.9 Å². The number of hydrogen-bond acceptors (Lipinski definition) is 6. The smallest absolute Gasteiger partial charge is 0.335 e. The molecule has 27 heavy (non-hydrogen) atoms. The lowest BCUT2D eigenvalue weighted by Gasteiger charge is -2.32. The Morgan fingerprint density at radius 3 is 2.85 bits per heavy atom. The van der Waals surface area contributed by atoms with Gasteiger partial charge in [-0.15, -0.1) is 0 Å². The first kappa shape index (κ1) is 18.8. The maximum absolute atomic E-state index is 12.2. The van der Waals surface area contributed by atoms with Crippen LogP contribution >= 0.6 is 0 Å². The molecule has 1 saturated heterocycles. The third kappa shape index (κ3) is 5.52. The molecule has 3 rings (SSSR count). The van der Waals surface area contributed by atoms with Crippen LogP contribution in [0.1, 0.15) is 29.6 Å². The molecular formula is C18H22N4O5. The fourth-order valence-electron chi connectivity index (χ4n) is 2.87. The number of carbonyl (C=O) groups is 2. The highest BCUT2D eigenvalue weighted by Crippen LogP contribution is 2.19. The van der Waals surface area contributed by atoms with Crippen LogP contribution in [0.25, 0.3) is 0 Å². The monoisotopic (exact) mass is 374 g/mol. The number of nitrogens with one attached hydrogen (secondary N) is 1. The van der Waals surface area contributed by atoms with Crippen LogP contribution in [0.3, 0.4) is 0 Å². The second-order valence-corrected chi connectivity index (χ2v) is 6.29. The van der Waals surface area contributed by atoms with Crippen molar-refractivity contribution in [2.24, 2.45) is 0 Å². The number of aromatic carboxylic acids is 1. The van der Waals surface area contributed by atoms with Crippen molar-refractivity contribution in [1.29, 1.82) is 0 Å². The molecule has 0 unspecified atom stereocenters. The van der Waals surface area contributed by atoms with E-state index in [1.807, 2.05) is 0 Å². The second kappa shape index (κ2) is 9.13. The van der Waals surface area contributed by atoms with Gasteiger partial charge in [0, 0.05) is 19.6 Å². The molecular weight excluding hydrogens is 352 g/mol. The van der Waals surface area contributed by atoms with Gasteiger partial charge >= 0.3 is 5.97 Å². The lowest BCUT2D eigenvalue weighted by Crippen LogP contribution is -2.51. The first-order chi connectivity index (χ1) is 13.1. The average molecular weight is 374 g/mol. The Kier molecular flexibility index (Phi) is 6.37. The fourth-order valence-corrected chi connectivity index (χ4v) is 2.87. The third-order valence-corrected chi connectivity index (χ3v) is 4.30. The highest BCUT2D eigenvalue weighted by molar-refractivity contribution is 5.87. The van der Waals surface area contributed by atoms with Crippen LogP contribution in [-0.2, 0) is 16.1 Å². The van der Waals surface area contributed by atoms with Gasteiger partial charge in [-0.05, 0) is 37.1 Å². The van der Waals surface area contributed by atoms with Crippen LogP contribution < -0.4 is 10.1 Å². The number of benzene rings is 1. The minimum Gasteiger partial charge on any atom is -0.486 e. The summed E-state index contributed by atoms with van der Waals surface area (Å²) in [6.07, 6.45) is 4.47. The summed E-state index contributed by atoms with van der Waals surface area (Å²) in [4.78, 5) is 27.0. The van der Waals surface area contributed by atoms with E-state index in [0.29, 0.717) is 44.8 Å². The molecule has 0 radical (unpaired) electrons. The fraction of sp³-hybridized carbons (Fsp3) is 0.444. The van der Waals surface area contributed by atoms with Gasteiger partial charge in [0.15, 0.2) is 0 Å². The van der Waals surface area contributed by atoms with E-state index in [0.717, 1.165) is 0 Å². The van der Waals surface area contributed by atoms with Crippen LogP contribution in [-0.4, -0.2) is 57.1 Å². The predicted octanol–water partition coefficient (Wildman–Crippen LogP) is 1.11. The number of aryl methyl sites for hydroxylation is 1. The van der Waals surface area contributed by atoms with Gasteiger partial charge in [-0.2, -0.15) is 5.10 Å². The molecule has 0 bridgehead atoms. The van der Waals surface area contributed by atoms with Crippen molar-refractivity contribution < 1.29 is 24.2 Å². The molecule has 2 atom stereocenters. The number of nitrogens with zero attached hydrogens (tertiary/aromatic N) is 3. The molecule has 2 N–H and O–H groups in total. The third-order valence-electron chi connectivity index (χ3n) is 4.30. The van der Waals surface area contributed by atoms with E-state index in [9.17, 15) is 9.59 Å². The summed E-state index contributed by atoms with van der Waals surface area (Å²) < 4.78 is 13.1. The quantitative estimate of drug-likeness (QED) is 0.711. The minimum atomic E-state index is -0.987. The van der Waals surface area contributed by atoms with Crippen LogP contribution in [0.5, 0.6) is 5.75 Å². The zero-order valence-electron chi connectivity index (χ0n) is 14.8. The van der Waals surface area contributed by atoms with Gasteiger partial charge in [0.05, 0.1) is 18.2 Å². The van der Waals surface area contributed by atoms with E-state index in [1.165, 1.54) is 18.5 Å². The molecule has 9 heteroatoms. The lowest BCUT2D eigenvalue weighted by molar-refractivity contribution is -0.124. The summed E-state index contributed by atoms with van der Waals surface area (Å²) in [5, 5.41) is 16.0. The van der Waals surface area contributed by atoms with Crippen molar-refractivity contribution in [2.45, 2.75) is 38.0 Å². The van der Waals surface area contributed by atoms with Crippen LogP contribution in [0.4, 0.5) is 0 Å². The molecule has 0 aliphatic carbocycles. The molecule has 0 spiro atoms. The minimum absolute atomic E-state index is 0.0446. The van der Waals surface area contributed by atoms with Gasteiger partial charge in [-0.3, -0.25) is 9.48 Å². The van der Waals surface area contributed by atoms with E-state index in [-0.39, 0.29) is 23.6 Å². The predicted molar refractivity (Wildman–Crippen MR) is 94.4 cm³/mol. The lowest BCUT2D eigenvalue weighted by atomic mass is 10.1. The van der Waals surface area contributed by atoms with Gasteiger partial charge in [0.2, 0.25) is 5.91 Å². The van der Waals surface area contributed by atoms with Crippen LogP contribution in [0.2, 0.25) is 0 Å². The van der Waals surface area contributed by atoms with Gasteiger partial charge in [-0.1, -0.05) is 0 Å². The molecule has 2 aromatic rings. The average Bonchev–Trinajstić information content (AvgIpc) is 3.17. The maximum Gasteiger partial charge on any atom is 0.335 e. The number of ether oxygens (including phenoxy) is 2. The zero-order valence-corrected chi connectivity index (χ0v) is 14.8. The van der Waals surface area contributed by atoms with Crippen LogP contribution in [0.15, 0.2) is 36.9 Å². The molecule has 0 saturated carbocycles. The van der Waals surface area contributed by atoms with E-state index >= 15 is 0 Å².